The number of ether oxygens (including phenoxy) is 1. The molecule has 0 radical (unpaired) electrons. The molecule has 0 aliphatic carbocycles. The first-order valence-electron chi connectivity index (χ1n) is 8.19. The highest BCUT2D eigenvalue weighted by Gasteiger charge is 2.42. The number of sulfonamides is 1. The van der Waals surface area contributed by atoms with Gasteiger partial charge < -0.3 is 20.7 Å². The van der Waals surface area contributed by atoms with Gasteiger partial charge in [-0.2, -0.15) is 4.31 Å². The highest BCUT2D eigenvalue weighted by atomic mass is 32.2. The number of hydrogen-bond donors (Lipinski definition) is 2. The number of methoxy groups -OCH3 is 1. The lowest BCUT2D eigenvalue weighted by Crippen LogP contribution is -2.63. The summed E-state index contributed by atoms with van der Waals surface area (Å²) >= 11 is 0. The van der Waals surface area contributed by atoms with E-state index in [4.69, 9.17) is 10.5 Å². The van der Waals surface area contributed by atoms with E-state index < -0.39 is 28.0 Å². The predicted molar refractivity (Wildman–Crippen MR) is 96.0 cm³/mol. The van der Waals surface area contributed by atoms with Gasteiger partial charge in [0.15, 0.2) is 6.17 Å². The molecule has 1 atom stereocenters. The molecule has 144 valence electrons. The first-order chi connectivity index (χ1) is 12.3. The van der Waals surface area contributed by atoms with Crippen molar-refractivity contribution in [2.75, 3.05) is 39.5 Å². The van der Waals surface area contributed by atoms with Crippen LogP contribution < -0.4 is 15.8 Å². The van der Waals surface area contributed by atoms with Crippen LogP contribution in [0.25, 0.3) is 0 Å². The summed E-state index contributed by atoms with van der Waals surface area (Å²) in [4.78, 5) is 26.8. The Hall–Kier alpha value is -2.17. The molecule has 1 aromatic rings. The summed E-state index contributed by atoms with van der Waals surface area (Å²) in [6, 6.07) is 6.50. The van der Waals surface area contributed by atoms with E-state index >= 15 is 0 Å². The monoisotopic (exact) mass is 384 g/mol. The van der Waals surface area contributed by atoms with E-state index in [1.807, 2.05) is 0 Å². The van der Waals surface area contributed by atoms with E-state index in [9.17, 15) is 18.0 Å². The topological polar surface area (TPSA) is 122 Å². The SMILES string of the molecule is COc1cccc(C(=O)N2CCCN(S(C)(=O)=O)C2C(=O)NCCN)c1. The predicted octanol–water partition coefficient (Wildman–Crippen LogP) is -0.796. The van der Waals surface area contributed by atoms with Gasteiger partial charge in [-0.1, -0.05) is 6.07 Å². The standard InChI is InChI=1S/C16H24N4O5S/c1-25-13-6-3-5-12(11-13)16(22)19-9-4-10-20(26(2,23)24)15(19)14(21)18-8-7-17/h3,5-6,11,15H,4,7-10,17H2,1-2H3,(H,18,21). The molecule has 26 heavy (non-hydrogen) atoms. The molecule has 1 heterocycles. The van der Waals surface area contributed by atoms with E-state index in [1.165, 1.54) is 12.0 Å². The third kappa shape index (κ3) is 4.51. The minimum Gasteiger partial charge on any atom is -0.497 e. The smallest absolute Gasteiger partial charge is 0.259 e. The lowest BCUT2D eigenvalue weighted by Gasteiger charge is -2.41. The fourth-order valence-electron chi connectivity index (χ4n) is 2.84. The fourth-order valence-corrected chi connectivity index (χ4v) is 3.87. The normalized spacial score (nSPS) is 18.4. The Kier molecular flexibility index (Phi) is 6.57. The van der Waals surface area contributed by atoms with Crippen LogP contribution in [0.2, 0.25) is 0 Å². The number of nitrogens with zero attached hydrogens (tertiary/aromatic N) is 2. The van der Waals surface area contributed by atoms with Crippen molar-refractivity contribution in [2.24, 2.45) is 5.73 Å². The van der Waals surface area contributed by atoms with Crippen LogP contribution in [0.15, 0.2) is 24.3 Å². The molecular weight excluding hydrogens is 360 g/mol. The molecular formula is C16H24N4O5S. The van der Waals surface area contributed by atoms with Crippen molar-refractivity contribution in [1.82, 2.24) is 14.5 Å². The molecule has 2 amide bonds. The quantitative estimate of drug-likeness (QED) is 0.662. The Morgan fingerprint density at radius 2 is 2.08 bits per heavy atom. The molecule has 9 nitrogen and oxygen atoms in total. The van der Waals surface area contributed by atoms with Crippen molar-refractivity contribution in [3.05, 3.63) is 29.8 Å². The molecule has 1 aliphatic rings. The highest BCUT2D eigenvalue weighted by molar-refractivity contribution is 7.88. The van der Waals surface area contributed by atoms with Gasteiger partial charge in [-0.25, -0.2) is 8.42 Å². The average Bonchev–Trinajstić information content (AvgIpc) is 2.64. The van der Waals surface area contributed by atoms with Crippen LogP contribution in [0.3, 0.4) is 0 Å². The van der Waals surface area contributed by atoms with Crippen LogP contribution in [0, 0.1) is 0 Å². The minimum atomic E-state index is -3.68. The zero-order valence-electron chi connectivity index (χ0n) is 14.8. The second-order valence-electron chi connectivity index (χ2n) is 5.91. The maximum absolute atomic E-state index is 13.0. The lowest BCUT2D eigenvalue weighted by molar-refractivity contribution is -0.130. The molecule has 0 spiro atoms. The summed E-state index contributed by atoms with van der Waals surface area (Å²) in [5.41, 5.74) is 5.72. The summed E-state index contributed by atoms with van der Waals surface area (Å²) < 4.78 is 30.5. The number of benzene rings is 1. The largest absolute Gasteiger partial charge is 0.497 e. The number of hydrogen-bond acceptors (Lipinski definition) is 6. The number of rotatable bonds is 6. The zero-order chi connectivity index (χ0) is 19.3. The molecule has 1 unspecified atom stereocenters. The van der Waals surface area contributed by atoms with Crippen molar-refractivity contribution >= 4 is 21.8 Å². The number of carbonyl (C=O) groups is 2. The molecule has 0 bridgehead atoms. The summed E-state index contributed by atoms with van der Waals surface area (Å²) in [7, 11) is -2.20. The van der Waals surface area contributed by atoms with Gasteiger partial charge in [-0.15, -0.1) is 0 Å². The fraction of sp³-hybridized carbons (Fsp3) is 0.500. The van der Waals surface area contributed by atoms with E-state index in [0.29, 0.717) is 17.7 Å². The van der Waals surface area contributed by atoms with Crippen molar-refractivity contribution in [3.63, 3.8) is 0 Å². The van der Waals surface area contributed by atoms with Gasteiger partial charge in [-0.3, -0.25) is 9.59 Å². The minimum absolute atomic E-state index is 0.168. The summed E-state index contributed by atoms with van der Waals surface area (Å²) in [6.07, 6.45) is 0.211. The third-order valence-corrected chi connectivity index (χ3v) is 5.26. The first kappa shape index (κ1) is 20.1. The number of carbonyl (C=O) groups excluding carboxylic acids is 2. The van der Waals surface area contributed by atoms with Crippen LogP contribution in [-0.4, -0.2) is 75.1 Å². The van der Waals surface area contributed by atoms with Gasteiger partial charge in [0, 0.05) is 31.7 Å². The van der Waals surface area contributed by atoms with Crippen molar-refractivity contribution in [3.8, 4) is 5.75 Å². The van der Waals surface area contributed by atoms with Gasteiger partial charge >= 0.3 is 0 Å². The molecule has 3 N–H and O–H groups in total. The van der Waals surface area contributed by atoms with E-state index in [0.717, 1.165) is 10.6 Å². The van der Waals surface area contributed by atoms with Gasteiger partial charge in [-0.05, 0) is 24.6 Å². The molecule has 1 aromatic carbocycles. The van der Waals surface area contributed by atoms with E-state index in [1.54, 1.807) is 24.3 Å². The summed E-state index contributed by atoms with van der Waals surface area (Å²) in [5.74, 6) is -0.515. The second-order valence-corrected chi connectivity index (χ2v) is 7.85. The van der Waals surface area contributed by atoms with Gasteiger partial charge in [0.25, 0.3) is 11.8 Å². The van der Waals surface area contributed by atoms with Gasteiger partial charge in [0.2, 0.25) is 10.0 Å². The van der Waals surface area contributed by atoms with Crippen LogP contribution >= 0.6 is 0 Å². The highest BCUT2D eigenvalue weighted by Crippen LogP contribution is 2.22. The van der Waals surface area contributed by atoms with E-state index in [-0.39, 0.29) is 26.2 Å². The molecule has 1 aliphatic heterocycles. The maximum Gasteiger partial charge on any atom is 0.259 e. The Bertz CT molecular complexity index is 768. The molecule has 0 aromatic heterocycles. The number of nitrogens with one attached hydrogen (secondary N) is 1. The average molecular weight is 384 g/mol. The number of amides is 2. The van der Waals surface area contributed by atoms with Crippen LogP contribution in [0.1, 0.15) is 16.8 Å². The molecule has 10 heteroatoms. The van der Waals surface area contributed by atoms with Crippen molar-refractivity contribution in [2.45, 2.75) is 12.6 Å². The Labute approximate surface area is 153 Å². The number of nitrogens with two attached hydrogens (primary N) is 1. The Morgan fingerprint density at radius 1 is 1.35 bits per heavy atom. The Morgan fingerprint density at radius 3 is 2.69 bits per heavy atom. The Balaban J connectivity index is 2.38. The van der Waals surface area contributed by atoms with Crippen molar-refractivity contribution < 1.29 is 22.7 Å². The van der Waals surface area contributed by atoms with Gasteiger partial charge in [0.1, 0.15) is 5.75 Å². The lowest BCUT2D eigenvalue weighted by atomic mass is 10.1. The van der Waals surface area contributed by atoms with E-state index in [2.05, 4.69) is 5.32 Å². The molecule has 1 fully saturated rings. The maximum atomic E-state index is 13.0. The summed E-state index contributed by atoms with van der Waals surface area (Å²) in [6.45, 7) is 0.833. The second kappa shape index (κ2) is 8.47. The molecule has 1 saturated heterocycles. The van der Waals surface area contributed by atoms with Gasteiger partial charge in [0.05, 0.1) is 13.4 Å². The molecule has 0 saturated carbocycles. The van der Waals surface area contributed by atoms with Crippen LogP contribution in [-0.2, 0) is 14.8 Å². The van der Waals surface area contributed by atoms with Crippen LogP contribution in [0.4, 0.5) is 0 Å². The zero-order valence-corrected chi connectivity index (χ0v) is 15.7. The van der Waals surface area contributed by atoms with Crippen molar-refractivity contribution in [1.29, 1.82) is 0 Å². The first-order valence-corrected chi connectivity index (χ1v) is 10.0. The van der Waals surface area contributed by atoms with Crippen LogP contribution in [0.5, 0.6) is 5.75 Å². The molecule has 2 rings (SSSR count). The summed E-state index contributed by atoms with van der Waals surface area (Å²) in [5, 5.41) is 2.57. The third-order valence-electron chi connectivity index (χ3n) is 4.03.